The maximum Gasteiger partial charge on any atom is 0.0900 e. The number of piperidine rings is 5. The van der Waals surface area contributed by atoms with Crippen molar-refractivity contribution in [2.75, 3.05) is 52.4 Å². The molecule has 552 valence electrons. The van der Waals surface area contributed by atoms with Gasteiger partial charge in [-0.05, 0) is 362 Å². The molecule has 3 unspecified atom stereocenters. The van der Waals surface area contributed by atoms with E-state index < -0.39 is 6.02 Å². The van der Waals surface area contributed by atoms with Crippen LogP contribution in [0.2, 0.25) is 5.02 Å². The largest absolute Gasteiger partial charge is 0.323 e. The van der Waals surface area contributed by atoms with Crippen LogP contribution in [0.15, 0.2) is 84.9 Å². The zero-order valence-electron chi connectivity index (χ0n) is 65.6. The molecule has 0 saturated carbocycles. The fourth-order valence-corrected chi connectivity index (χ4v) is 22.6. The number of likely N-dealkylation sites (tertiary alicyclic amines) is 4. The fraction of sp³-hybridized carbons (Fsp3) is 0.690. The van der Waals surface area contributed by atoms with Gasteiger partial charge in [-0.1, -0.05) is 97.9 Å². The van der Waals surface area contributed by atoms with Crippen molar-refractivity contribution in [2.24, 2.45) is 55.7 Å². The molecule has 0 radical (unpaired) electrons. The van der Waals surface area contributed by atoms with Crippen LogP contribution in [0.3, 0.4) is 0 Å². The Morgan fingerprint density at radius 1 is 0.430 bits per heavy atom. The van der Waals surface area contributed by atoms with E-state index in [1.165, 1.54) is 163 Å². The van der Waals surface area contributed by atoms with Crippen molar-refractivity contribution in [1.29, 1.82) is 0 Å². The predicted molar refractivity (Wildman–Crippen MR) is 424 cm³/mol. The van der Waals surface area contributed by atoms with Crippen molar-refractivity contribution < 1.29 is 1.37 Å². The van der Waals surface area contributed by atoms with E-state index in [-0.39, 0.29) is 64.6 Å². The molecule has 6 fully saturated rings. The van der Waals surface area contributed by atoms with Gasteiger partial charge < -0.3 is 28.7 Å². The highest BCUT2D eigenvalue weighted by Gasteiger charge is 2.57. The van der Waals surface area contributed by atoms with Crippen LogP contribution in [-0.4, -0.2) is 122 Å². The van der Waals surface area contributed by atoms with Crippen LogP contribution >= 0.6 is 22.9 Å². The van der Waals surface area contributed by atoms with E-state index in [1.807, 2.05) is 35.6 Å². The van der Waals surface area contributed by atoms with E-state index in [2.05, 4.69) is 208 Å². The van der Waals surface area contributed by atoms with E-state index in [9.17, 15) is 0 Å². The SMILES string of the molecule is C.CC(C)(C)N1C2CCC1CC1(Cc3ccccc3[C@H]1N)C2.CC(C)(C)N1CCC2(CC1)Cc1c(Cl)cccc1[C@@H]2N.Cc1cccc2c1CC1(CCN(C(C)(C)C)CC1)[C@@H]2N.Cc1nc2c(s1)C(N)C1(CCN(C(C)(C)C)CC1)C2.[2H][C@]1(N)c2ccccc2CC12CCN(C(C)(C)C)CC2. The molecular formula is C87H136ClN11S. The van der Waals surface area contributed by atoms with Crippen molar-refractivity contribution in [2.45, 2.75) is 304 Å². The summed E-state index contributed by atoms with van der Waals surface area (Å²) in [6, 6.07) is 31.4. The average Bonchev–Trinajstić information content (AvgIpc) is 1.60. The molecule has 6 saturated heterocycles. The van der Waals surface area contributed by atoms with Crippen molar-refractivity contribution in [3.63, 3.8) is 0 Å². The minimum atomic E-state index is -0.923. The number of fused-ring (bicyclic) bond motifs is 7. The lowest BCUT2D eigenvalue weighted by Crippen LogP contribution is -2.56. The van der Waals surface area contributed by atoms with Gasteiger partial charge in [0.25, 0.3) is 0 Å². The van der Waals surface area contributed by atoms with Crippen LogP contribution in [0.25, 0.3) is 0 Å². The molecule has 16 rings (SSSR count). The Bertz CT molecular complexity index is 3570. The van der Waals surface area contributed by atoms with Crippen LogP contribution in [0, 0.1) is 40.9 Å². The van der Waals surface area contributed by atoms with Crippen LogP contribution in [0.1, 0.15) is 286 Å². The number of hydrogen-bond acceptors (Lipinski definition) is 12. The summed E-state index contributed by atoms with van der Waals surface area (Å²) >= 11 is 8.18. The van der Waals surface area contributed by atoms with E-state index >= 15 is 0 Å². The highest BCUT2D eigenvalue weighted by atomic mass is 35.5. The summed E-state index contributed by atoms with van der Waals surface area (Å²) in [5, 5.41) is 2.07. The first-order valence-corrected chi connectivity index (χ1v) is 39.9. The van der Waals surface area contributed by atoms with Crippen LogP contribution < -0.4 is 28.7 Å². The molecule has 0 amide bonds. The molecule has 6 aliphatic heterocycles. The molecule has 5 aromatic rings. The van der Waals surface area contributed by atoms with Gasteiger partial charge in [0.2, 0.25) is 0 Å². The Morgan fingerprint density at radius 2 is 0.800 bits per heavy atom. The summed E-state index contributed by atoms with van der Waals surface area (Å²) < 4.78 is 8.79. The van der Waals surface area contributed by atoms with Gasteiger partial charge in [-0.3, -0.25) is 24.5 Å². The quantitative estimate of drug-likeness (QED) is 0.100. The monoisotopic (exact) mass is 1400 g/mol. The topological polar surface area (TPSA) is 159 Å². The smallest absolute Gasteiger partial charge is 0.0900 e. The predicted octanol–water partition coefficient (Wildman–Crippen LogP) is 17.5. The molecule has 11 nitrogen and oxygen atoms in total. The van der Waals surface area contributed by atoms with E-state index in [4.69, 9.17) is 41.6 Å². The number of rotatable bonds is 0. The number of nitrogens with zero attached hydrogens (tertiary/aromatic N) is 6. The Balaban J connectivity index is 0.000000127. The summed E-state index contributed by atoms with van der Waals surface area (Å²) in [4.78, 5) is 19.2. The number of aromatic nitrogens is 1. The minimum Gasteiger partial charge on any atom is -0.323 e. The Morgan fingerprint density at radius 3 is 1.21 bits per heavy atom. The maximum atomic E-state index is 8.79. The average molecular weight is 1400 g/mol. The molecular weight excluding hydrogens is 1270 g/mol. The van der Waals surface area contributed by atoms with Crippen molar-refractivity contribution in [3.8, 4) is 0 Å². The number of benzene rings is 4. The van der Waals surface area contributed by atoms with Crippen molar-refractivity contribution in [3.05, 3.63) is 156 Å². The normalized spacial score (nSPS) is 29.6. The summed E-state index contributed by atoms with van der Waals surface area (Å²) in [6.07, 6.45) is 20.1. The molecule has 4 aromatic carbocycles. The lowest BCUT2D eigenvalue weighted by molar-refractivity contribution is -0.0224. The minimum absolute atomic E-state index is 0. The third-order valence-electron chi connectivity index (χ3n) is 27.4. The summed E-state index contributed by atoms with van der Waals surface area (Å²) in [5.74, 6) is 0. The standard InChI is InChI=1S/C19H28N2.C18H28N2.C17H25ClN2.C17H26N2.C15H25N3S.CH4/c1-18(2,3)21-14-8-9-15(21)12-19(11-14)10-13-6-4-5-7-16(13)17(19)20;1-13-6-5-7-14-15(13)12-18(16(14)19)8-10-20(11-9-18)17(2,3)4;1-16(2,3)20-9-7-17(8-10-20)11-13-12(15(17)19)5-4-6-14(13)18;1-16(2,3)19-10-8-17(9-11-19)12-13-6-4-5-7-14(13)15(17)18;1-10-17-11-9-15(13(16)12(11)19-10)5-7-18(8-6-15)14(2,3)4;/h4-7,14-15,17H,8-12,20H2,1-3H3;5-7,16H,8-12,19H2,1-4H3;4-6,15H,7-11,19H2,1-3H3;4-7,15H,8-12,18H2,1-3H3;13H,5-9,16H2,1-4H3;1H4/t14?,15?,17-,19?;16-;2*15-;;/m1100../s1/i;;;15D;;. The lowest BCUT2D eigenvalue weighted by atomic mass is 9.69. The third-order valence-corrected chi connectivity index (χ3v) is 28.9. The summed E-state index contributed by atoms with van der Waals surface area (Å²) in [7, 11) is 0. The van der Waals surface area contributed by atoms with Crippen molar-refractivity contribution >= 4 is 22.9 Å². The molecule has 7 heterocycles. The first kappa shape index (κ1) is 76.1. The maximum absolute atomic E-state index is 8.79. The van der Waals surface area contributed by atoms with Gasteiger partial charge in [-0.2, -0.15) is 0 Å². The number of thiazole rings is 1. The van der Waals surface area contributed by atoms with Crippen LogP contribution in [-0.2, 0) is 32.1 Å². The van der Waals surface area contributed by atoms with Gasteiger partial charge in [0.05, 0.1) is 12.1 Å². The number of halogens is 1. The van der Waals surface area contributed by atoms with E-state index in [0.29, 0.717) is 21.8 Å². The number of nitrogens with two attached hydrogens (primary N) is 5. The lowest BCUT2D eigenvalue weighted by Gasteiger charge is -2.52. The molecule has 2 bridgehead atoms. The van der Waals surface area contributed by atoms with Gasteiger partial charge in [0.15, 0.2) is 0 Å². The van der Waals surface area contributed by atoms with E-state index in [0.717, 1.165) is 81.0 Å². The molecule has 5 spiro atoms. The molecule has 13 heteroatoms. The van der Waals surface area contributed by atoms with Gasteiger partial charge in [0, 0.05) is 79.9 Å². The summed E-state index contributed by atoms with van der Waals surface area (Å²) in [6.45, 7) is 48.1. The molecule has 5 aliphatic carbocycles. The number of hydrogen-bond donors (Lipinski definition) is 5. The van der Waals surface area contributed by atoms with Gasteiger partial charge in [0.1, 0.15) is 0 Å². The zero-order valence-corrected chi connectivity index (χ0v) is 66.2. The van der Waals surface area contributed by atoms with E-state index in [1.54, 1.807) is 0 Å². The molecule has 100 heavy (non-hydrogen) atoms. The fourth-order valence-electron chi connectivity index (χ4n) is 21.2. The van der Waals surface area contributed by atoms with Gasteiger partial charge >= 0.3 is 0 Å². The Labute approximate surface area is 618 Å². The molecule has 11 aliphatic rings. The second-order valence-electron chi connectivity index (χ2n) is 38.3. The first-order chi connectivity index (χ1) is 46.7. The second-order valence-corrected chi connectivity index (χ2v) is 39.9. The van der Waals surface area contributed by atoms with Crippen molar-refractivity contribution in [1.82, 2.24) is 29.5 Å². The zero-order chi connectivity index (χ0) is 72.3. The Hall–Kier alpha value is -3.60. The van der Waals surface area contributed by atoms with Crippen LogP contribution in [0.4, 0.5) is 0 Å². The molecule has 10 N–H and O–H groups in total. The van der Waals surface area contributed by atoms with Gasteiger partial charge in [-0.15, -0.1) is 11.3 Å². The highest BCUT2D eigenvalue weighted by molar-refractivity contribution is 7.11. The number of aryl methyl sites for hydroxylation is 2. The highest BCUT2D eigenvalue weighted by Crippen LogP contribution is 2.60. The summed E-state index contributed by atoms with van der Waals surface area (Å²) in [5.41, 5.74) is 49.0. The third kappa shape index (κ3) is 15.0. The van der Waals surface area contributed by atoms with Crippen LogP contribution in [0.5, 0.6) is 0 Å². The van der Waals surface area contributed by atoms with Gasteiger partial charge in [-0.25, -0.2) is 4.98 Å². The molecule has 7 atom stereocenters. The second kappa shape index (κ2) is 28.6. The molecule has 1 aromatic heterocycles. The Kier molecular flexibility index (Phi) is 21.8. The first-order valence-electron chi connectivity index (χ1n) is 39.2.